The van der Waals surface area contributed by atoms with Gasteiger partial charge in [0.25, 0.3) is 0 Å². The highest BCUT2D eigenvalue weighted by atomic mass is 16.7. The predicted octanol–water partition coefficient (Wildman–Crippen LogP) is 3.15. The Labute approximate surface area is 111 Å². The van der Waals surface area contributed by atoms with Crippen molar-refractivity contribution in [3.05, 3.63) is 0 Å². The Kier molecular flexibility index (Phi) is 11.1. The molecule has 4 nitrogen and oxygen atoms in total. The molecule has 0 radical (unpaired) electrons. The fraction of sp³-hybridized carbons (Fsp3) is 0.929. The second kappa shape index (κ2) is 11.5. The van der Waals surface area contributed by atoms with E-state index < -0.39 is 6.29 Å². The lowest BCUT2D eigenvalue weighted by atomic mass is 10.1. The summed E-state index contributed by atoms with van der Waals surface area (Å²) >= 11 is 0. The van der Waals surface area contributed by atoms with E-state index in [0.717, 1.165) is 25.7 Å². The molecule has 0 fully saturated rings. The lowest BCUT2D eigenvalue weighted by Gasteiger charge is -2.24. The number of hydrogen-bond donors (Lipinski definition) is 0. The summed E-state index contributed by atoms with van der Waals surface area (Å²) in [5.74, 6) is -0.584. The van der Waals surface area contributed by atoms with Crippen molar-refractivity contribution >= 4 is 5.97 Å². The molecule has 108 valence electrons. The van der Waals surface area contributed by atoms with Gasteiger partial charge in [-0.3, -0.25) is 4.79 Å². The first-order valence-electron chi connectivity index (χ1n) is 7.02. The Morgan fingerprint density at radius 2 is 1.50 bits per heavy atom. The molecule has 0 rings (SSSR count). The van der Waals surface area contributed by atoms with Gasteiger partial charge in [-0.1, -0.05) is 33.6 Å². The SMILES string of the molecule is CCCCOC(OCCCC)C(CC)C(=O)OC. The predicted molar refractivity (Wildman–Crippen MR) is 71.3 cm³/mol. The molecule has 0 saturated carbocycles. The first kappa shape index (κ1) is 17.4. The van der Waals surface area contributed by atoms with Crippen molar-refractivity contribution in [2.75, 3.05) is 20.3 Å². The fourth-order valence-electron chi connectivity index (χ4n) is 1.59. The molecule has 0 aromatic rings. The third-order valence-electron chi connectivity index (χ3n) is 2.83. The van der Waals surface area contributed by atoms with Crippen LogP contribution in [0.3, 0.4) is 0 Å². The molecule has 0 bridgehead atoms. The van der Waals surface area contributed by atoms with Gasteiger partial charge in [0.2, 0.25) is 0 Å². The molecule has 0 spiro atoms. The largest absolute Gasteiger partial charge is 0.469 e. The Balaban J connectivity index is 4.34. The van der Waals surface area contributed by atoms with Crippen molar-refractivity contribution in [3.8, 4) is 0 Å². The Morgan fingerprint density at radius 1 is 1.00 bits per heavy atom. The lowest BCUT2D eigenvalue weighted by Crippen LogP contribution is -2.34. The zero-order valence-electron chi connectivity index (χ0n) is 12.2. The van der Waals surface area contributed by atoms with Crippen molar-refractivity contribution in [2.24, 2.45) is 5.92 Å². The smallest absolute Gasteiger partial charge is 0.313 e. The molecule has 0 aromatic carbocycles. The first-order valence-corrected chi connectivity index (χ1v) is 7.02. The first-order chi connectivity index (χ1) is 8.71. The summed E-state index contributed by atoms with van der Waals surface area (Å²) in [6, 6.07) is 0. The minimum atomic E-state index is -0.472. The molecule has 0 aromatic heterocycles. The van der Waals surface area contributed by atoms with E-state index in [0.29, 0.717) is 19.6 Å². The molecule has 1 atom stereocenters. The van der Waals surface area contributed by atoms with Crippen molar-refractivity contribution in [1.82, 2.24) is 0 Å². The highest BCUT2D eigenvalue weighted by Gasteiger charge is 2.29. The van der Waals surface area contributed by atoms with Gasteiger partial charge in [-0.15, -0.1) is 0 Å². The van der Waals surface area contributed by atoms with E-state index in [1.807, 2.05) is 6.92 Å². The van der Waals surface area contributed by atoms with Gasteiger partial charge in [0, 0.05) is 13.2 Å². The quantitative estimate of drug-likeness (QED) is 0.325. The highest BCUT2D eigenvalue weighted by Crippen LogP contribution is 2.17. The van der Waals surface area contributed by atoms with Gasteiger partial charge >= 0.3 is 5.97 Å². The average Bonchev–Trinajstić information content (AvgIpc) is 2.39. The van der Waals surface area contributed by atoms with Gasteiger partial charge in [-0.2, -0.15) is 0 Å². The normalized spacial score (nSPS) is 12.7. The molecule has 0 aliphatic heterocycles. The molecule has 1 unspecified atom stereocenters. The standard InChI is InChI=1S/C14H28O4/c1-5-8-10-17-14(18-11-9-6-2)12(7-3)13(15)16-4/h12,14H,5-11H2,1-4H3. The molecule has 0 aliphatic rings. The summed E-state index contributed by atoms with van der Waals surface area (Å²) in [6.07, 6.45) is 4.28. The monoisotopic (exact) mass is 260 g/mol. The maximum atomic E-state index is 11.7. The van der Waals surface area contributed by atoms with E-state index in [9.17, 15) is 4.79 Å². The van der Waals surface area contributed by atoms with Gasteiger partial charge in [0.15, 0.2) is 6.29 Å². The van der Waals surface area contributed by atoms with Gasteiger partial charge < -0.3 is 14.2 Å². The summed E-state index contributed by atoms with van der Waals surface area (Å²) in [5, 5.41) is 0. The third-order valence-corrected chi connectivity index (χ3v) is 2.83. The molecule has 0 heterocycles. The third kappa shape index (κ3) is 6.97. The van der Waals surface area contributed by atoms with Crippen LogP contribution in [0.15, 0.2) is 0 Å². The molecule has 0 saturated heterocycles. The van der Waals surface area contributed by atoms with Crippen molar-refractivity contribution in [3.63, 3.8) is 0 Å². The van der Waals surface area contributed by atoms with Crippen LogP contribution >= 0.6 is 0 Å². The average molecular weight is 260 g/mol. The van der Waals surface area contributed by atoms with Gasteiger partial charge in [-0.05, 0) is 19.3 Å². The Bertz CT molecular complexity index is 196. The Hall–Kier alpha value is -0.610. The van der Waals surface area contributed by atoms with Gasteiger partial charge in [0.05, 0.1) is 7.11 Å². The summed E-state index contributed by atoms with van der Waals surface area (Å²) in [6.45, 7) is 7.41. The van der Waals surface area contributed by atoms with Crippen LogP contribution < -0.4 is 0 Å². The number of hydrogen-bond acceptors (Lipinski definition) is 4. The minimum absolute atomic E-state index is 0.254. The molecule has 4 heteroatoms. The van der Waals surface area contributed by atoms with Crippen LogP contribution in [0.1, 0.15) is 52.9 Å². The summed E-state index contributed by atoms with van der Waals surface area (Å²) in [7, 11) is 1.40. The number of ether oxygens (including phenoxy) is 3. The van der Waals surface area contributed by atoms with Crippen molar-refractivity contribution in [2.45, 2.75) is 59.2 Å². The summed E-state index contributed by atoms with van der Waals surface area (Å²) < 4.78 is 16.2. The van der Waals surface area contributed by atoms with E-state index in [2.05, 4.69) is 13.8 Å². The van der Waals surface area contributed by atoms with Crippen LogP contribution in [-0.2, 0) is 19.0 Å². The van der Waals surface area contributed by atoms with E-state index in [1.54, 1.807) is 0 Å². The van der Waals surface area contributed by atoms with E-state index in [1.165, 1.54) is 7.11 Å². The van der Waals surface area contributed by atoms with Crippen LogP contribution in [0, 0.1) is 5.92 Å². The minimum Gasteiger partial charge on any atom is -0.469 e. The van der Waals surface area contributed by atoms with Crippen LogP contribution in [0.2, 0.25) is 0 Å². The number of rotatable bonds is 11. The van der Waals surface area contributed by atoms with Crippen LogP contribution in [0.5, 0.6) is 0 Å². The van der Waals surface area contributed by atoms with E-state index in [-0.39, 0.29) is 11.9 Å². The number of carbonyl (C=O) groups excluding carboxylic acids is 1. The van der Waals surface area contributed by atoms with Crippen molar-refractivity contribution in [1.29, 1.82) is 0 Å². The maximum Gasteiger partial charge on any atom is 0.313 e. The fourth-order valence-corrected chi connectivity index (χ4v) is 1.59. The molecule has 18 heavy (non-hydrogen) atoms. The number of methoxy groups -OCH3 is 1. The van der Waals surface area contributed by atoms with Crippen LogP contribution in [-0.4, -0.2) is 32.6 Å². The molecule has 0 N–H and O–H groups in total. The molecule has 0 amide bonds. The number of carbonyl (C=O) groups is 1. The lowest BCUT2D eigenvalue weighted by molar-refractivity contribution is -0.191. The van der Waals surface area contributed by atoms with Gasteiger partial charge in [-0.25, -0.2) is 0 Å². The summed E-state index contributed by atoms with van der Waals surface area (Å²) in [5.41, 5.74) is 0. The van der Waals surface area contributed by atoms with Crippen LogP contribution in [0.25, 0.3) is 0 Å². The molecular formula is C14H28O4. The second-order valence-corrected chi connectivity index (χ2v) is 4.35. The van der Waals surface area contributed by atoms with Crippen molar-refractivity contribution < 1.29 is 19.0 Å². The van der Waals surface area contributed by atoms with E-state index >= 15 is 0 Å². The molecular weight excluding hydrogens is 232 g/mol. The Morgan fingerprint density at radius 3 is 1.83 bits per heavy atom. The highest BCUT2D eigenvalue weighted by molar-refractivity contribution is 5.72. The zero-order chi connectivity index (χ0) is 13.8. The number of unbranched alkanes of at least 4 members (excludes halogenated alkanes) is 2. The van der Waals surface area contributed by atoms with Crippen LogP contribution in [0.4, 0.5) is 0 Å². The van der Waals surface area contributed by atoms with E-state index in [4.69, 9.17) is 14.2 Å². The zero-order valence-corrected chi connectivity index (χ0v) is 12.2. The second-order valence-electron chi connectivity index (χ2n) is 4.35. The number of esters is 1. The maximum absolute atomic E-state index is 11.7. The summed E-state index contributed by atoms with van der Waals surface area (Å²) in [4.78, 5) is 11.7. The van der Waals surface area contributed by atoms with Gasteiger partial charge in [0.1, 0.15) is 5.92 Å². The molecule has 0 aliphatic carbocycles. The topological polar surface area (TPSA) is 44.8 Å².